The maximum absolute atomic E-state index is 5.83. The number of unbranched alkanes of at least 4 members (excludes halogenated alkanes) is 1. The zero-order chi connectivity index (χ0) is 20.4. The van der Waals surface area contributed by atoms with Crippen molar-refractivity contribution in [2.75, 3.05) is 0 Å². The molecule has 0 aliphatic rings. The number of aromatic nitrogens is 4. The molecular formula is C24H24N4O2. The molecule has 2 aromatic carbocycles. The molecule has 4 aromatic rings. The maximum atomic E-state index is 5.83. The predicted molar refractivity (Wildman–Crippen MR) is 116 cm³/mol. The van der Waals surface area contributed by atoms with Crippen LogP contribution in [0.4, 0.5) is 0 Å². The van der Waals surface area contributed by atoms with Gasteiger partial charge in [-0.15, -0.1) is 0 Å². The minimum atomic E-state index is 0.375. The molecule has 0 amide bonds. The molecule has 2 heterocycles. The fraction of sp³-hybridized carbons (Fsp3) is 0.208. The quantitative estimate of drug-likeness (QED) is 0.349. The lowest BCUT2D eigenvalue weighted by molar-refractivity contribution is 0.301. The van der Waals surface area contributed by atoms with Crippen molar-refractivity contribution >= 4 is 12.2 Å². The van der Waals surface area contributed by atoms with Crippen LogP contribution in [0.15, 0.2) is 77.9 Å². The van der Waals surface area contributed by atoms with Gasteiger partial charge in [-0.1, -0.05) is 42.5 Å². The summed E-state index contributed by atoms with van der Waals surface area (Å²) in [4.78, 5) is 8.39. The summed E-state index contributed by atoms with van der Waals surface area (Å²) in [5, 5.41) is 4.12. The highest BCUT2D eigenvalue weighted by Gasteiger charge is 2.03. The molecule has 0 spiro atoms. The number of benzene rings is 2. The van der Waals surface area contributed by atoms with E-state index in [-0.39, 0.29) is 0 Å². The first-order valence-electron chi connectivity index (χ1n) is 10.1. The standard InChI is InChI=1S/C24H24N4O2/c1-2-6-20(7-3-1)11-14-24-27-22(17-30-24)16-29-23-12-9-21(10-13-23)8-4-5-15-28-19-25-18-26-28/h1-3,6-7,9-14,17-19H,4-5,8,15-16H2/b14-11+. The molecule has 0 fully saturated rings. The van der Waals surface area contributed by atoms with Crippen molar-refractivity contribution in [1.29, 1.82) is 0 Å². The van der Waals surface area contributed by atoms with Crippen LogP contribution in [0.1, 0.15) is 35.6 Å². The van der Waals surface area contributed by atoms with E-state index >= 15 is 0 Å². The largest absolute Gasteiger partial charge is 0.487 e. The Morgan fingerprint density at radius 3 is 2.63 bits per heavy atom. The molecule has 4 rings (SSSR count). The van der Waals surface area contributed by atoms with Crippen LogP contribution in [0.2, 0.25) is 0 Å². The highest BCUT2D eigenvalue weighted by molar-refractivity contribution is 5.65. The lowest BCUT2D eigenvalue weighted by atomic mass is 10.1. The maximum Gasteiger partial charge on any atom is 0.218 e. The van der Waals surface area contributed by atoms with Crippen LogP contribution >= 0.6 is 0 Å². The van der Waals surface area contributed by atoms with Gasteiger partial charge < -0.3 is 9.15 Å². The normalized spacial score (nSPS) is 11.2. The van der Waals surface area contributed by atoms with Crippen molar-refractivity contribution < 1.29 is 9.15 Å². The smallest absolute Gasteiger partial charge is 0.218 e. The van der Waals surface area contributed by atoms with E-state index in [9.17, 15) is 0 Å². The van der Waals surface area contributed by atoms with Gasteiger partial charge in [-0.3, -0.25) is 4.68 Å². The second kappa shape index (κ2) is 10.2. The third-order valence-corrected chi connectivity index (χ3v) is 4.67. The number of nitrogens with zero attached hydrogens (tertiary/aromatic N) is 4. The first-order chi connectivity index (χ1) is 14.8. The summed E-state index contributed by atoms with van der Waals surface area (Å²) in [5.41, 5.74) is 3.17. The number of oxazole rings is 1. The first kappa shape index (κ1) is 19.6. The highest BCUT2D eigenvalue weighted by atomic mass is 16.5. The topological polar surface area (TPSA) is 66.0 Å². The van der Waals surface area contributed by atoms with Crippen molar-refractivity contribution in [3.63, 3.8) is 0 Å². The summed E-state index contributed by atoms with van der Waals surface area (Å²) in [6, 6.07) is 18.3. The molecule has 30 heavy (non-hydrogen) atoms. The molecule has 0 radical (unpaired) electrons. The van der Waals surface area contributed by atoms with Gasteiger partial charge in [-0.25, -0.2) is 9.97 Å². The molecule has 152 valence electrons. The van der Waals surface area contributed by atoms with Gasteiger partial charge in [-0.2, -0.15) is 5.10 Å². The Balaban J connectivity index is 1.20. The van der Waals surface area contributed by atoms with E-state index in [1.165, 1.54) is 5.56 Å². The van der Waals surface area contributed by atoms with E-state index in [2.05, 4.69) is 27.2 Å². The van der Waals surface area contributed by atoms with Crippen LogP contribution < -0.4 is 4.74 Å². The Kier molecular flexibility index (Phi) is 6.68. The Morgan fingerprint density at radius 1 is 0.967 bits per heavy atom. The molecule has 0 saturated carbocycles. The molecule has 0 aliphatic heterocycles. The molecule has 2 aromatic heterocycles. The van der Waals surface area contributed by atoms with Crippen LogP contribution in [0.5, 0.6) is 5.75 Å². The number of hydrogen-bond donors (Lipinski definition) is 0. The van der Waals surface area contributed by atoms with Crippen LogP contribution in [0.25, 0.3) is 12.2 Å². The summed E-state index contributed by atoms with van der Waals surface area (Å²) < 4.78 is 13.2. The second-order valence-electron chi connectivity index (χ2n) is 6.97. The monoisotopic (exact) mass is 400 g/mol. The van der Waals surface area contributed by atoms with Gasteiger partial charge >= 0.3 is 0 Å². The van der Waals surface area contributed by atoms with E-state index in [1.807, 2.05) is 59.3 Å². The van der Waals surface area contributed by atoms with Crippen LogP contribution in [-0.4, -0.2) is 19.7 Å². The van der Waals surface area contributed by atoms with Crippen molar-refractivity contribution in [3.05, 3.63) is 96.2 Å². The fourth-order valence-electron chi connectivity index (χ4n) is 3.06. The molecule has 0 bridgehead atoms. The zero-order valence-electron chi connectivity index (χ0n) is 16.7. The second-order valence-corrected chi connectivity index (χ2v) is 6.97. The van der Waals surface area contributed by atoms with Gasteiger partial charge in [0, 0.05) is 12.6 Å². The Labute approximate surface area is 175 Å². The minimum Gasteiger partial charge on any atom is -0.487 e. The third kappa shape index (κ3) is 5.91. The van der Waals surface area contributed by atoms with Gasteiger partial charge in [0.2, 0.25) is 5.89 Å². The van der Waals surface area contributed by atoms with E-state index < -0.39 is 0 Å². The number of aryl methyl sites for hydroxylation is 2. The predicted octanol–water partition coefficient (Wildman–Crippen LogP) is 5.04. The zero-order valence-corrected chi connectivity index (χ0v) is 16.7. The Bertz CT molecular complexity index is 1040. The molecule has 0 N–H and O–H groups in total. The molecule has 0 saturated heterocycles. The summed E-state index contributed by atoms with van der Waals surface area (Å²) in [7, 11) is 0. The lowest BCUT2D eigenvalue weighted by Crippen LogP contribution is -1.99. The average molecular weight is 400 g/mol. The Hall–Kier alpha value is -3.67. The molecule has 6 heteroatoms. The van der Waals surface area contributed by atoms with Crippen molar-refractivity contribution in [2.45, 2.75) is 32.4 Å². The summed E-state index contributed by atoms with van der Waals surface area (Å²) in [6.07, 6.45) is 12.0. The summed E-state index contributed by atoms with van der Waals surface area (Å²) in [5.74, 6) is 1.39. The van der Waals surface area contributed by atoms with Crippen LogP contribution in [-0.2, 0) is 19.6 Å². The van der Waals surface area contributed by atoms with Gasteiger partial charge in [0.1, 0.15) is 37.0 Å². The van der Waals surface area contributed by atoms with Gasteiger partial charge in [0.25, 0.3) is 0 Å². The molecule has 0 aliphatic carbocycles. The van der Waals surface area contributed by atoms with Crippen LogP contribution in [0, 0.1) is 0 Å². The minimum absolute atomic E-state index is 0.375. The van der Waals surface area contributed by atoms with Crippen molar-refractivity contribution in [1.82, 2.24) is 19.7 Å². The van der Waals surface area contributed by atoms with Gasteiger partial charge in [0.15, 0.2) is 0 Å². The molecule has 0 unspecified atom stereocenters. The van der Waals surface area contributed by atoms with E-state index in [4.69, 9.17) is 9.15 Å². The number of rotatable bonds is 10. The number of hydrogen-bond acceptors (Lipinski definition) is 5. The number of ether oxygens (including phenoxy) is 1. The van der Waals surface area contributed by atoms with Gasteiger partial charge in [0.05, 0.1) is 0 Å². The molecular weight excluding hydrogens is 376 g/mol. The Morgan fingerprint density at radius 2 is 1.83 bits per heavy atom. The average Bonchev–Trinajstić information content (AvgIpc) is 3.47. The third-order valence-electron chi connectivity index (χ3n) is 4.67. The van der Waals surface area contributed by atoms with E-state index in [0.717, 1.165) is 42.8 Å². The first-order valence-corrected chi connectivity index (χ1v) is 10.1. The van der Waals surface area contributed by atoms with Gasteiger partial charge in [-0.05, 0) is 48.6 Å². The van der Waals surface area contributed by atoms with E-state index in [1.54, 1.807) is 18.9 Å². The SMILES string of the molecule is C(=C\c1nc(COc2ccc(CCCCn3cncn3)cc2)co1)/c1ccccc1. The fourth-order valence-corrected chi connectivity index (χ4v) is 3.06. The van der Waals surface area contributed by atoms with E-state index in [0.29, 0.717) is 12.5 Å². The lowest BCUT2D eigenvalue weighted by Gasteiger charge is -2.06. The van der Waals surface area contributed by atoms with Crippen molar-refractivity contribution in [2.24, 2.45) is 0 Å². The molecule has 0 atom stereocenters. The van der Waals surface area contributed by atoms with Crippen molar-refractivity contribution in [3.8, 4) is 5.75 Å². The molecule has 6 nitrogen and oxygen atoms in total. The summed E-state index contributed by atoms with van der Waals surface area (Å²) >= 11 is 0. The summed E-state index contributed by atoms with van der Waals surface area (Å²) in [6.45, 7) is 1.28. The highest BCUT2D eigenvalue weighted by Crippen LogP contribution is 2.16. The van der Waals surface area contributed by atoms with Crippen LogP contribution in [0.3, 0.4) is 0 Å².